The van der Waals surface area contributed by atoms with E-state index in [1.807, 2.05) is 26.0 Å². The van der Waals surface area contributed by atoms with Crippen molar-refractivity contribution in [1.82, 2.24) is 0 Å². The van der Waals surface area contributed by atoms with Crippen LogP contribution >= 0.6 is 0 Å². The van der Waals surface area contributed by atoms with E-state index in [9.17, 15) is 0 Å². The molecule has 0 aromatic heterocycles. The first-order valence-electron chi connectivity index (χ1n) is 6.05. The molecule has 0 bridgehead atoms. The number of allylic oxidation sites excluding steroid dienone is 1. The number of rotatable bonds is 3. The molecule has 3 atom stereocenters. The van der Waals surface area contributed by atoms with Crippen molar-refractivity contribution < 1.29 is 14.2 Å². The average Bonchev–Trinajstić information content (AvgIpc) is 2.60. The van der Waals surface area contributed by atoms with Gasteiger partial charge in [-0.05, 0) is 26.0 Å². The molecule has 2 N–H and O–H groups in total. The molecule has 2 aliphatic rings. The highest BCUT2D eigenvalue weighted by atomic mass is 16.7. The minimum absolute atomic E-state index is 0.0118. The molecule has 0 aromatic carbocycles. The van der Waals surface area contributed by atoms with Gasteiger partial charge < -0.3 is 19.9 Å². The molecular weight excluding hydrogens is 218 g/mol. The van der Waals surface area contributed by atoms with Crippen molar-refractivity contribution in [2.75, 3.05) is 13.2 Å². The van der Waals surface area contributed by atoms with Crippen LogP contribution in [0.15, 0.2) is 23.9 Å². The monoisotopic (exact) mass is 239 g/mol. The fraction of sp³-hybridized carbons (Fsp3) is 0.692. The Hall–Kier alpha value is -0.840. The molecule has 1 fully saturated rings. The zero-order valence-corrected chi connectivity index (χ0v) is 10.7. The van der Waals surface area contributed by atoms with E-state index < -0.39 is 5.79 Å². The number of hydrogen-bond acceptors (Lipinski definition) is 4. The Labute approximate surface area is 102 Å². The Balaban J connectivity index is 1.81. The lowest BCUT2D eigenvalue weighted by Crippen LogP contribution is -2.29. The smallest absolute Gasteiger partial charge is 0.163 e. The molecular formula is C13H21NO3. The summed E-state index contributed by atoms with van der Waals surface area (Å²) in [4.78, 5) is 0. The van der Waals surface area contributed by atoms with Crippen LogP contribution in [0.5, 0.6) is 0 Å². The number of ether oxygens (including phenoxy) is 3. The van der Waals surface area contributed by atoms with Gasteiger partial charge in [0.15, 0.2) is 5.79 Å². The molecule has 1 aliphatic heterocycles. The third kappa shape index (κ3) is 3.31. The van der Waals surface area contributed by atoms with E-state index in [1.165, 1.54) is 0 Å². The van der Waals surface area contributed by atoms with Crippen LogP contribution in [0.2, 0.25) is 0 Å². The Morgan fingerprint density at radius 3 is 2.94 bits per heavy atom. The molecule has 0 spiro atoms. The summed E-state index contributed by atoms with van der Waals surface area (Å²) in [6.45, 7) is 7.06. The van der Waals surface area contributed by atoms with Gasteiger partial charge in [0, 0.05) is 11.6 Å². The molecule has 4 nitrogen and oxygen atoms in total. The van der Waals surface area contributed by atoms with Crippen molar-refractivity contribution in [3.63, 3.8) is 0 Å². The molecule has 96 valence electrons. The maximum absolute atomic E-state index is 5.83. The summed E-state index contributed by atoms with van der Waals surface area (Å²) in [6.07, 6.45) is 5.98. The van der Waals surface area contributed by atoms with Crippen LogP contribution in [0.4, 0.5) is 0 Å². The van der Waals surface area contributed by atoms with Crippen molar-refractivity contribution in [3.05, 3.63) is 23.9 Å². The topological polar surface area (TPSA) is 53.7 Å². The van der Waals surface area contributed by atoms with Crippen LogP contribution in [-0.2, 0) is 14.2 Å². The van der Waals surface area contributed by atoms with Crippen molar-refractivity contribution in [1.29, 1.82) is 0 Å². The summed E-state index contributed by atoms with van der Waals surface area (Å²) in [7, 11) is 0. The van der Waals surface area contributed by atoms with Gasteiger partial charge in [0.05, 0.1) is 19.3 Å². The van der Waals surface area contributed by atoms with E-state index in [0.29, 0.717) is 19.1 Å². The molecule has 0 aromatic rings. The normalized spacial score (nSPS) is 35.9. The second-order valence-electron chi connectivity index (χ2n) is 5.13. The molecule has 1 heterocycles. The van der Waals surface area contributed by atoms with E-state index in [-0.39, 0.29) is 12.2 Å². The van der Waals surface area contributed by atoms with Crippen molar-refractivity contribution in [2.45, 2.75) is 38.8 Å². The highest BCUT2D eigenvalue weighted by Crippen LogP contribution is 2.24. The SMILES string of the molecule is CC1C=CC(N)=CC1OC[C@@H]1COC(C)(C)O1. The maximum atomic E-state index is 5.83. The first-order chi connectivity index (χ1) is 7.96. The quantitative estimate of drug-likeness (QED) is 0.812. The Morgan fingerprint density at radius 2 is 2.29 bits per heavy atom. The van der Waals surface area contributed by atoms with E-state index in [2.05, 4.69) is 13.0 Å². The maximum Gasteiger partial charge on any atom is 0.163 e. The van der Waals surface area contributed by atoms with Gasteiger partial charge in [0.2, 0.25) is 0 Å². The van der Waals surface area contributed by atoms with Gasteiger partial charge in [-0.3, -0.25) is 0 Å². The predicted octanol–water partition coefficient (Wildman–Crippen LogP) is 1.57. The first kappa shape index (κ1) is 12.6. The molecule has 17 heavy (non-hydrogen) atoms. The predicted molar refractivity (Wildman–Crippen MR) is 65.2 cm³/mol. The first-order valence-corrected chi connectivity index (χ1v) is 6.05. The van der Waals surface area contributed by atoms with Gasteiger partial charge in [0.25, 0.3) is 0 Å². The van der Waals surface area contributed by atoms with E-state index in [4.69, 9.17) is 19.9 Å². The van der Waals surface area contributed by atoms with Gasteiger partial charge in [-0.1, -0.05) is 13.0 Å². The highest BCUT2D eigenvalue weighted by molar-refractivity contribution is 5.23. The summed E-state index contributed by atoms with van der Waals surface area (Å²) >= 11 is 0. The molecule has 1 saturated heterocycles. The Bertz CT molecular complexity index is 336. The summed E-state index contributed by atoms with van der Waals surface area (Å²) < 4.78 is 17.0. The number of hydrogen-bond donors (Lipinski definition) is 1. The van der Waals surface area contributed by atoms with Gasteiger partial charge in [0.1, 0.15) is 6.10 Å². The third-order valence-electron chi connectivity index (χ3n) is 3.01. The number of nitrogens with two attached hydrogens (primary N) is 1. The second-order valence-corrected chi connectivity index (χ2v) is 5.13. The lowest BCUT2D eigenvalue weighted by atomic mass is 9.98. The summed E-state index contributed by atoms with van der Waals surface area (Å²) in [5, 5.41) is 0. The van der Waals surface area contributed by atoms with Gasteiger partial charge in [-0.2, -0.15) is 0 Å². The average molecular weight is 239 g/mol. The van der Waals surface area contributed by atoms with Crippen LogP contribution in [0, 0.1) is 5.92 Å². The molecule has 0 radical (unpaired) electrons. The summed E-state index contributed by atoms with van der Waals surface area (Å²) in [5.74, 6) is -0.140. The van der Waals surface area contributed by atoms with Crippen LogP contribution < -0.4 is 5.73 Å². The van der Waals surface area contributed by atoms with Gasteiger partial charge in [-0.25, -0.2) is 0 Å². The Morgan fingerprint density at radius 1 is 1.53 bits per heavy atom. The van der Waals surface area contributed by atoms with Crippen molar-refractivity contribution >= 4 is 0 Å². The fourth-order valence-electron chi connectivity index (χ4n) is 2.03. The largest absolute Gasteiger partial charge is 0.399 e. The molecule has 2 unspecified atom stereocenters. The molecule has 1 aliphatic carbocycles. The van der Waals surface area contributed by atoms with Gasteiger partial charge in [-0.15, -0.1) is 0 Å². The van der Waals surface area contributed by atoms with Crippen LogP contribution in [-0.4, -0.2) is 31.2 Å². The zero-order chi connectivity index (χ0) is 12.5. The van der Waals surface area contributed by atoms with Crippen LogP contribution in [0.1, 0.15) is 20.8 Å². The van der Waals surface area contributed by atoms with E-state index >= 15 is 0 Å². The van der Waals surface area contributed by atoms with Crippen molar-refractivity contribution in [2.24, 2.45) is 11.7 Å². The lowest BCUT2D eigenvalue weighted by molar-refractivity contribution is -0.147. The van der Waals surface area contributed by atoms with Crippen LogP contribution in [0.3, 0.4) is 0 Å². The molecule has 0 saturated carbocycles. The molecule has 2 rings (SSSR count). The third-order valence-corrected chi connectivity index (χ3v) is 3.01. The van der Waals surface area contributed by atoms with E-state index in [0.717, 1.165) is 5.70 Å². The summed E-state index contributed by atoms with van der Waals surface area (Å²) in [6, 6.07) is 0. The van der Waals surface area contributed by atoms with Crippen molar-refractivity contribution in [3.8, 4) is 0 Å². The molecule has 0 amide bonds. The lowest BCUT2D eigenvalue weighted by Gasteiger charge is -2.24. The minimum Gasteiger partial charge on any atom is -0.399 e. The minimum atomic E-state index is -0.485. The van der Waals surface area contributed by atoms with Crippen LogP contribution in [0.25, 0.3) is 0 Å². The fourth-order valence-corrected chi connectivity index (χ4v) is 2.03. The van der Waals surface area contributed by atoms with E-state index in [1.54, 1.807) is 0 Å². The standard InChI is InChI=1S/C13H21NO3/c1-9-4-5-10(14)6-12(9)15-7-11-8-16-13(2,3)17-11/h4-6,9,11-12H,7-8,14H2,1-3H3/t9?,11-,12?/m1/s1. The zero-order valence-electron chi connectivity index (χ0n) is 10.7. The highest BCUT2D eigenvalue weighted by Gasteiger charge is 2.33. The molecule has 4 heteroatoms. The Kier molecular flexibility index (Phi) is 3.56. The summed E-state index contributed by atoms with van der Waals surface area (Å²) in [5.41, 5.74) is 6.51. The second kappa shape index (κ2) is 4.80. The van der Waals surface area contributed by atoms with Gasteiger partial charge >= 0.3 is 0 Å².